The van der Waals surface area contributed by atoms with Crippen molar-refractivity contribution < 1.29 is 19.0 Å². The summed E-state index contributed by atoms with van der Waals surface area (Å²) in [5.74, 6) is 0.899. The van der Waals surface area contributed by atoms with Gasteiger partial charge in [-0.2, -0.15) is 0 Å². The van der Waals surface area contributed by atoms with E-state index in [4.69, 9.17) is 19.9 Å². The molecular weight excluding hydrogens is 270 g/mol. The van der Waals surface area contributed by atoms with Crippen LogP contribution in [-0.4, -0.2) is 31.3 Å². The van der Waals surface area contributed by atoms with Crippen molar-refractivity contribution in [1.82, 2.24) is 0 Å². The molecule has 5 heteroatoms. The van der Waals surface area contributed by atoms with Crippen LogP contribution in [0, 0.1) is 0 Å². The van der Waals surface area contributed by atoms with E-state index in [2.05, 4.69) is 0 Å². The third kappa shape index (κ3) is 5.27. The zero-order valence-electron chi connectivity index (χ0n) is 13.2. The first kappa shape index (κ1) is 17.3. The molecule has 1 aromatic carbocycles. The maximum atomic E-state index is 11.6. The molecule has 0 amide bonds. The molecule has 1 rings (SSSR count). The predicted molar refractivity (Wildman–Crippen MR) is 81.5 cm³/mol. The molecule has 0 heterocycles. The van der Waals surface area contributed by atoms with Gasteiger partial charge in [0.15, 0.2) is 11.5 Å². The number of benzene rings is 1. The van der Waals surface area contributed by atoms with Crippen LogP contribution in [0.2, 0.25) is 0 Å². The van der Waals surface area contributed by atoms with Crippen molar-refractivity contribution in [3.05, 3.63) is 24.3 Å². The Morgan fingerprint density at radius 1 is 1.33 bits per heavy atom. The van der Waals surface area contributed by atoms with E-state index in [0.717, 1.165) is 6.42 Å². The van der Waals surface area contributed by atoms with Gasteiger partial charge in [-0.1, -0.05) is 19.1 Å². The number of para-hydroxylation sites is 2. The van der Waals surface area contributed by atoms with Gasteiger partial charge >= 0.3 is 5.97 Å². The second-order valence-electron chi connectivity index (χ2n) is 5.34. The molecule has 0 aliphatic rings. The van der Waals surface area contributed by atoms with E-state index >= 15 is 0 Å². The van der Waals surface area contributed by atoms with Crippen LogP contribution in [-0.2, 0) is 9.53 Å². The fraction of sp³-hybridized carbons (Fsp3) is 0.562. The number of carbonyl (C=O) groups excluding carboxylic acids is 1. The average molecular weight is 295 g/mol. The first-order chi connectivity index (χ1) is 9.90. The van der Waals surface area contributed by atoms with Crippen LogP contribution in [0.3, 0.4) is 0 Å². The van der Waals surface area contributed by atoms with Gasteiger partial charge in [-0.3, -0.25) is 4.79 Å². The van der Waals surface area contributed by atoms with Crippen molar-refractivity contribution in [2.45, 2.75) is 45.3 Å². The van der Waals surface area contributed by atoms with Gasteiger partial charge in [0.2, 0.25) is 0 Å². The van der Waals surface area contributed by atoms with Crippen LogP contribution in [0.15, 0.2) is 24.3 Å². The topological polar surface area (TPSA) is 70.8 Å². The Balaban J connectivity index is 2.70. The average Bonchev–Trinajstić information content (AvgIpc) is 2.44. The monoisotopic (exact) mass is 295 g/mol. The number of ether oxygens (including phenoxy) is 3. The molecule has 21 heavy (non-hydrogen) atoms. The summed E-state index contributed by atoms with van der Waals surface area (Å²) in [7, 11) is 1.33. The lowest BCUT2D eigenvalue weighted by Crippen LogP contribution is -2.48. The summed E-state index contributed by atoms with van der Waals surface area (Å²) in [4.78, 5) is 11.6. The summed E-state index contributed by atoms with van der Waals surface area (Å²) in [6, 6.07) is 7.47. The maximum absolute atomic E-state index is 11.6. The molecule has 2 atom stereocenters. The number of esters is 1. The van der Waals surface area contributed by atoms with E-state index in [1.807, 2.05) is 38.1 Å². The Labute approximate surface area is 126 Å². The molecule has 118 valence electrons. The van der Waals surface area contributed by atoms with Crippen LogP contribution >= 0.6 is 0 Å². The third-order valence-corrected chi connectivity index (χ3v) is 3.00. The van der Waals surface area contributed by atoms with Gasteiger partial charge in [0.05, 0.1) is 19.8 Å². The summed E-state index contributed by atoms with van der Waals surface area (Å²) in [5.41, 5.74) is 4.88. The van der Waals surface area contributed by atoms with Crippen LogP contribution in [0.5, 0.6) is 11.5 Å². The van der Waals surface area contributed by atoms with Crippen molar-refractivity contribution in [3.63, 3.8) is 0 Å². The highest BCUT2D eigenvalue weighted by atomic mass is 16.5. The molecule has 0 aliphatic carbocycles. The van der Waals surface area contributed by atoms with E-state index in [0.29, 0.717) is 24.5 Å². The molecule has 0 aliphatic heterocycles. The summed E-state index contributed by atoms with van der Waals surface area (Å²) in [6.07, 6.45) is 1.03. The lowest BCUT2D eigenvalue weighted by atomic mass is 9.96. The Morgan fingerprint density at radius 3 is 2.52 bits per heavy atom. The van der Waals surface area contributed by atoms with Gasteiger partial charge in [0.1, 0.15) is 5.54 Å². The second kappa shape index (κ2) is 7.88. The molecule has 0 fully saturated rings. The van der Waals surface area contributed by atoms with Gasteiger partial charge in [-0.15, -0.1) is 0 Å². The minimum atomic E-state index is -1.08. The largest absolute Gasteiger partial charge is 0.490 e. The van der Waals surface area contributed by atoms with Crippen molar-refractivity contribution in [1.29, 1.82) is 0 Å². The first-order valence-electron chi connectivity index (χ1n) is 7.16. The molecule has 0 radical (unpaired) electrons. The number of rotatable bonds is 8. The predicted octanol–water partition coefficient (Wildman–Crippen LogP) is 2.52. The molecule has 0 saturated carbocycles. The zero-order chi connectivity index (χ0) is 15.9. The van der Waals surface area contributed by atoms with Crippen molar-refractivity contribution in [2.24, 2.45) is 5.73 Å². The smallest absolute Gasteiger partial charge is 0.325 e. The molecule has 0 spiro atoms. The Hall–Kier alpha value is -1.75. The fourth-order valence-corrected chi connectivity index (χ4v) is 2.05. The summed E-state index contributed by atoms with van der Waals surface area (Å²) < 4.78 is 16.2. The highest BCUT2D eigenvalue weighted by Gasteiger charge is 2.32. The van der Waals surface area contributed by atoms with Crippen LogP contribution < -0.4 is 15.2 Å². The van der Waals surface area contributed by atoms with Crippen molar-refractivity contribution in [3.8, 4) is 11.5 Å². The fourth-order valence-electron chi connectivity index (χ4n) is 2.05. The highest BCUT2D eigenvalue weighted by molar-refractivity contribution is 5.79. The number of hydrogen-bond acceptors (Lipinski definition) is 5. The molecular formula is C16H25NO4. The Morgan fingerprint density at radius 2 is 1.95 bits per heavy atom. The van der Waals surface area contributed by atoms with E-state index in [9.17, 15) is 4.79 Å². The third-order valence-electron chi connectivity index (χ3n) is 3.00. The van der Waals surface area contributed by atoms with Gasteiger partial charge < -0.3 is 19.9 Å². The van der Waals surface area contributed by atoms with Gasteiger partial charge in [0, 0.05) is 6.42 Å². The molecule has 1 aromatic rings. The number of methoxy groups -OCH3 is 1. The normalized spacial score (nSPS) is 14.9. The van der Waals surface area contributed by atoms with Crippen LogP contribution in [0.4, 0.5) is 0 Å². The molecule has 0 saturated heterocycles. The van der Waals surface area contributed by atoms with Crippen LogP contribution in [0.1, 0.15) is 33.6 Å². The van der Waals surface area contributed by atoms with Crippen molar-refractivity contribution in [2.75, 3.05) is 13.7 Å². The number of carbonyl (C=O) groups is 1. The quantitative estimate of drug-likeness (QED) is 0.746. The van der Waals surface area contributed by atoms with Gasteiger partial charge in [-0.25, -0.2) is 0 Å². The minimum absolute atomic E-state index is 0.245. The van der Waals surface area contributed by atoms with E-state index in [1.165, 1.54) is 7.11 Å². The van der Waals surface area contributed by atoms with Gasteiger partial charge in [-0.05, 0) is 32.4 Å². The number of nitrogens with two attached hydrogens (primary N) is 1. The summed E-state index contributed by atoms with van der Waals surface area (Å²) in [6.45, 7) is 6.18. The Bertz CT molecular complexity index is 459. The maximum Gasteiger partial charge on any atom is 0.325 e. The first-order valence-corrected chi connectivity index (χ1v) is 7.16. The SMILES string of the molecule is CCCOc1ccccc1OC(C)CC(C)(N)C(=O)OC. The molecule has 2 N–H and O–H groups in total. The van der Waals surface area contributed by atoms with Crippen LogP contribution in [0.25, 0.3) is 0 Å². The molecule has 5 nitrogen and oxygen atoms in total. The molecule has 0 bridgehead atoms. The standard InChI is InChI=1S/C16H25NO4/c1-5-10-20-13-8-6-7-9-14(13)21-12(2)11-16(3,17)15(18)19-4/h6-9,12H,5,10-11,17H2,1-4H3. The molecule has 0 aromatic heterocycles. The summed E-state index contributed by atoms with van der Waals surface area (Å²) >= 11 is 0. The zero-order valence-corrected chi connectivity index (χ0v) is 13.2. The minimum Gasteiger partial charge on any atom is -0.490 e. The summed E-state index contributed by atoms with van der Waals surface area (Å²) in [5, 5.41) is 0. The lowest BCUT2D eigenvalue weighted by Gasteiger charge is -2.26. The highest BCUT2D eigenvalue weighted by Crippen LogP contribution is 2.28. The van der Waals surface area contributed by atoms with E-state index in [-0.39, 0.29) is 6.10 Å². The van der Waals surface area contributed by atoms with Gasteiger partial charge in [0.25, 0.3) is 0 Å². The lowest BCUT2D eigenvalue weighted by molar-refractivity contribution is -0.147. The van der Waals surface area contributed by atoms with E-state index < -0.39 is 11.5 Å². The number of hydrogen-bond donors (Lipinski definition) is 1. The Kier molecular flexibility index (Phi) is 6.49. The van der Waals surface area contributed by atoms with E-state index in [1.54, 1.807) is 6.92 Å². The van der Waals surface area contributed by atoms with Crippen molar-refractivity contribution >= 4 is 5.97 Å². The second-order valence-corrected chi connectivity index (χ2v) is 5.34. The molecule has 2 unspecified atom stereocenters.